The Balaban J connectivity index is 2.35. The molecule has 1 aliphatic rings. The van der Waals surface area contributed by atoms with Crippen molar-refractivity contribution in [2.24, 2.45) is 5.92 Å². The Morgan fingerprint density at radius 3 is 2.90 bits per heavy atom. The van der Waals surface area contributed by atoms with Crippen molar-refractivity contribution in [2.45, 2.75) is 26.4 Å². The molecule has 4 nitrogen and oxygen atoms in total. The number of terminal acetylenes is 1. The first-order valence-electron chi connectivity index (χ1n) is 6.51. The van der Waals surface area contributed by atoms with E-state index in [-0.39, 0.29) is 17.6 Å². The van der Waals surface area contributed by atoms with Crippen LogP contribution in [0.1, 0.15) is 30.6 Å². The number of carbonyl (C=O) groups excluding carboxylic acids is 2. The van der Waals surface area contributed by atoms with Gasteiger partial charge in [0.05, 0.1) is 5.69 Å². The molecule has 0 fully saturated rings. The number of ketones is 1. The van der Waals surface area contributed by atoms with E-state index in [0.717, 1.165) is 0 Å². The van der Waals surface area contributed by atoms with E-state index in [1.54, 1.807) is 39.1 Å². The molecule has 104 valence electrons. The van der Waals surface area contributed by atoms with E-state index in [2.05, 4.69) is 5.92 Å². The smallest absolute Gasteiger partial charge is 0.267 e. The van der Waals surface area contributed by atoms with Crippen molar-refractivity contribution in [3.63, 3.8) is 0 Å². The third kappa shape index (κ3) is 2.39. The van der Waals surface area contributed by atoms with Crippen molar-refractivity contribution >= 4 is 17.4 Å². The topological polar surface area (TPSA) is 46.6 Å². The van der Waals surface area contributed by atoms with Crippen molar-refractivity contribution in [3.05, 3.63) is 23.8 Å². The summed E-state index contributed by atoms with van der Waals surface area (Å²) in [5.41, 5.74) is 1.16. The first-order chi connectivity index (χ1) is 9.45. The van der Waals surface area contributed by atoms with Crippen LogP contribution < -0.4 is 9.64 Å². The van der Waals surface area contributed by atoms with E-state index < -0.39 is 6.10 Å². The number of likely N-dealkylation sites (N-methyl/N-ethyl adjacent to an activating group) is 1. The number of carbonyl (C=O) groups is 2. The highest BCUT2D eigenvalue weighted by molar-refractivity contribution is 6.03. The van der Waals surface area contributed by atoms with Crippen LogP contribution in [-0.4, -0.2) is 24.8 Å². The lowest BCUT2D eigenvalue weighted by atomic mass is 9.96. The van der Waals surface area contributed by atoms with Crippen LogP contribution in [0.2, 0.25) is 0 Å². The lowest BCUT2D eigenvalue weighted by molar-refractivity contribution is -0.125. The van der Waals surface area contributed by atoms with E-state index >= 15 is 0 Å². The molecule has 1 aromatic rings. The first-order valence-corrected chi connectivity index (χ1v) is 6.51. The van der Waals surface area contributed by atoms with Crippen molar-refractivity contribution in [3.8, 4) is 18.1 Å². The zero-order valence-corrected chi connectivity index (χ0v) is 11.8. The number of nitrogens with zero attached hydrogens (tertiary/aromatic N) is 1. The molecule has 1 aliphatic heterocycles. The summed E-state index contributed by atoms with van der Waals surface area (Å²) >= 11 is 0. The van der Waals surface area contributed by atoms with Crippen molar-refractivity contribution < 1.29 is 14.3 Å². The van der Waals surface area contributed by atoms with E-state index in [9.17, 15) is 9.59 Å². The second-order valence-electron chi connectivity index (χ2n) is 5.01. The van der Waals surface area contributed by atoms with E-state index in [4.69, 9.17) is 11.2 Å². The molecule has 20 heavy (non-hydrogen) atoms. The number of fused-ring (bicyclic) bond motifs is 1. The number of anilines is 1. The van der Waals surface area contributed by atoms with Crippen LogP contribution >= 0.6 is 0 Å². The first kappa shape index (κ1) is 14.1. The van der Waals surface area contributed by atoms with Gasteiger partial charge in [-0.15, -0.1) is 12.3 Å². The Bertz CT molecular complexity index is 600. The summed E-state index contributed by atoms with van der Waals surface area (Å²) in [5, 5.41) is 0. The van der Waals surface area contributed by atoms with Gasteiger partial charge < -0.3 is 9.64 Å². The highest BCUT2D eigenvalue weighted by Crippen LogP contribution is 2.34. The Morgan fingerprint density at radius 2 is 2.25 bits per heavy atom. The largest absolute Gasteiger partial charge is 0.479 e. The van der Waals surface area contributed by atoms with Crippen molar-refractivity contribution in [2.75, 3.05) is 11.9 Å². The average Bonchev–Trinajstić information content (AvgIpc) is 2.44. The number of hydrogen-bond donors (Lipinski definition) is 0. The molecule has 0 aromatic heterocycles. The monoisotopic (exact) mass is 271 g/mol. The molecular formula is C16H17NO3. The van der Waals surface area contributed by atoms with Crippen LogP contribution in [0, 0.1) is 18.3 Å². The van der Waals surface area contributed by atoms with Crippen LogP contribution in [0.4, 0.5) is 5.69 Å². The molecule has 0 saturated carbocycles. The van der Waals surface area contributed by atoms with Gasteiger partial charge in [0.15, 0.2) is 11.9 Å². The van der Waals surface area contributed by atoms with Crippen molar-refractivity contribution in [1.29, 1.82) is 0 Å². The zero-order chi connectivity index (χ0) is 14.9. The van der Waals surface area contributed by atoms with Crippen LogP contribution in [0.5, 0.6) is 5.75 Å². The third-order valence-electron chi connectivity index (χ3n) is 3.46. The van der Waals surface area contributed by atoms with E-state index in [0.29, 0.717) is 23.4 Å². The number of benzene rings is 1. The highest BCUT2D eigenvalue weighted by atomic mass is 16.5. The Morgan fingerprint density at radius 1 is 1.55 bits per heavy atom. The molecule has 0 spiro atoms. The fourth-order valence-electron chi connectivity index (χ4n) is 2.22. The lowest BCUT2D eigenvalue weighted by Crippen LogP contribution is -2.42. The molecule has 4 heteroatoms. The summed E-state index contributed by atoms with van der Waals surface area (Å²) in [6.45, 7) is 3.50. The normalized spacial score (nSPS) is 18.8. The standard InChI is InChI=1S/C16H17NO3/c1-5-6-10(2)15(18)12-7-8-14-13(9-12)17(4)16(19)11(3)20-14/h1,7-11H,6H2,2-4H3. The van der Waals surface area contributed by atoms with Gasteiger partial charge in [-0.1, -0.05) is 6.92 Å². The molecule has 0 radical (unpaired) electrons. The predicted octanol–water partition coefficient (Wildman–Crippen LogP) is 2.27. The maximum absolute atomic E-state index is 12.2. The molecule has 2 atom stereocenters. The van der Waals surface area contributed by atoms with Gasteiger partial charge >= 0.3 is 0 Å². The lowest BCUT2D eigenvalue weighted by Gasteiger charge is -2.30. The Hall–Kier alpha value is -2.28. The fraction of sp³-hybridized carbons (Fsp3) is 0.375. The van der Waals surface area contributed by atoms with Crippen LogP contribution in [0.25, 0.3) is 0 Å². The fourth-order valence-corrected chi connectivity index (χ4v) is 2.22. The molecule has 2 rings (SSSR count). The third-order valence-corrected chi connectivity index (χ3v) is 3.46. The van der Waals surface area contributed by atoms with Crippen molar-refractivity contribution in [1.82, 2.24) is 0 Å². The minimum Gasteiger partial charge on any atom is -0.479 e. The van der Waals surface area contributed by atoms with Gasteiger partial charge in [0.2, 0.25) is 0 Å². The predicted molar refractivity (Wildman–Crippen MR) is 76.9 cm³/mol. The minimum absolute atomic E-state index is 0.0229. The summed E-state index contributed by atoms with van der Waals surface area (Å²) in [4.78, 5) is 25.6. The summed E-state index contributed by atoms with van der Waals surface area (Å²) < 4.78 is 5.52. The molecule has 1 amide bonds. The number of ether oxygens (including phenoxy) is 1. The maximum atomic E-state index is 12.2. The minimum atomic E-state index is -0.505. The number of amides is 1. The van der Waals surface area contributed by atoms with Gasteiger partial charge in [0.1, 0.15) is 5.75 Å². The number of Topliss-reactive ketones (excluding diaryl/α,β-unsaturated/α-hetero) is 1. The van der Waals surface area contributed by atoms with Gasteiger partial charge in [-0.25, -0.2) is 0 Å². The summed E-state index contributed by atoms with van der Waals surface area (Å²) in [6, 6.07) is 5.13. The SMILES string of the molecule is C#CCC(C)C(=O)c1ccc2c(c1)N(C)C(=O)C(C)O2. The Labute approximate surface area is 118 Å². The van der Waals surface area contributed by atoms with Crippen LogP contribution in [-0.2, 0) is 4.79 Å². The van der Waals surface area contributed by atoms with Gasteiger partial charge in [-0.05, 0) is 25.1 Å². The van der Waals surface area contributed by atoms with Gasteiger partial charge in [-0.2, -0.15) is 0 Å². The second kappa shape index (κ2) is 5.38. The molecule has 1 heterocycles. The molecule has 1 aromatic carbocycles. The molecular weight excluding hydrogens is 254 g/mol. The summed E-state index contributed by atoms with van der Waals surface area (Å²) in [6.07, 6.45) is 5.13. The zero-order valence-electron chi connectivity index (χ0n) is 11.8. The van der Waals surface area contributed by atoms with E-state index in [1.165, 1.54) is 4.90 Å². The van der Waals surface area contributed by atoms with Gasteiger partial charge in [-0.3, -0.25) is 9.59 Å². The van der Waals surface area contributed by atoms with Crippen LogP contribution in [0.3, 0.4) is 0 Å². The summed E-state index contributed by atoms with van der Waals surface area (Å²) in [7, 11) is 1.68. The number of hydrogen-bond acceptors (Lipinski definition) is 3. The molecule has 0 N–H and O–H groups in total. The Kier molecular flexibility index (Phi) is 3.80. The quantitative estimate of drug-likeness (QED) is 0.626. The van der Waals surface area contributed by atoms with E-state index in [1.807, 2.05) is 0 Å². The maximum Gasteiger partial charge on any atom is 0.267 e. The average molecular weight is 271 g/mol. The molecule has 0 bridgehead atoms. The second-order valence-corrected chi connectivity index (χ2v) is 5.01. The molecule has 0 saturated heterocycles. The molecule has 2 unspecified atom stereocenters. The van der Waals surface area contributed by atoms with Crippen LogP contribution in [0.15, 0.2) is 18.2 Å². The van der Waals surface area contributed by atoms with Gasteiger partial charge in [0, 0.05) is 24.9 Å². The number of rotatable bonds is 3. The summed E-state index contributed by atoms with van der Waals surface area (Å²) in [5.74, 6) is 2.72. The van der Waals surface area contributed by atoms with Gasteiger partial charge in [0.25, 0.3) is 5.91 Å². The molecule has 0 aliphatic carbocycles. The highest BCUT2D eigenvalue weighted by Gasteiger charge is 2.29.